The second-order valence-electron chi connectivity index (χ2n) is 6.75. The molecular formula is C24H19ClN2O2S. The van der Waals surface area contributed by atoms with Gasteiger partial charge in [0.2, 0.25) is 0 Å². The highest BCUT2D eigenvalue weighted by Crippen LogP contribution is 2.32. The van der Waals surface area contributed by atoms with Crippen LogP contribution < -0.4 is 10.1 Å². The number of nitrogens with one attached hydrogen (secondary N) is 1. The highest BCUT2D eigenvalue weighted by Gasteiger charge is 2.24. The van der Waals surface area contributed by atoms with Crippen LogP contribution in [0.3, 0.4) is 0 Å². The molecule has 4 nitrogen and oxygen atoms in total. The van der Waals surface area contributed by atoms with Crippen LogP contribution >= 0.6 is 23.4 Å². The number of benzene rings is 3. The Kier molecular flexibility index (Phi) is 6.21. The first-order valence-corrected chi connectivity index (χ1v) is 10.6. The van der Waals surface area contributed by atoms with Gasteiger partial charge in [0, 0.05) is 5.56 Å². The minimum absolute atomic E-state index is 0.195. The van der Waals surface area contributed by atoms with Crippen LogP contribution in [0.2, 0.25) is 5.02 Å². The summed E-state index contributed by atoms with van der Waals surface area (Å²) in [4.78, 5) is 17.4. The Bertz CT molecular complexity index is 1160. The van der Waals surface area contributed by atoms with E-state index in [1.807, 2.05) is 54.6 Å². The van der Waals surface area contributed by atoms with Crippen LogP contribution in [0.25, 0.3) is 6.08 Å². The van der Waals surface area contributed by atoms with Gasteiger partial charge in [-0.3, -0.25) is 4.79 Å². The molecule has 1 fully saturated rings. The Morgan fingerprint density at radius 3 is 2.70 bits per heavy atom. The van der Waals surface area contributed by atoms with Gasteiger partial charge in [0.25, 0.3) is 5.91 Å². The van der Waals surface area contributed by atoms with Gasteiger partial charge in [0.1, 0.15) is 12.4 Å². The summed E-state index contributed by atoms with van der Waals surface area (Å²) in [5, 5.41) is 3.82. The fourth-order valence-electron chi connectivity index (χ4n) is 2.97. The number of halogens is 1. The number of amides is 1. The summed E-state index contributed by atoms with van der Waals surface area (Å²) in [5.41, 5.74) is 3.74. The number of hydrogen-bond donors (Lipinski definition) is 1. The molecule has 3 aromatic carbocycles. The molecule has 1 saturated heterocycles. The van der Waals surface area contributed by atoms with Gasteiger partial charge in [-0.1, -0.05) is 71.8 Å². The summed E-state index contributed by atoms with van der Waals surface area (Å²) < 4.78 is 6.03. The standard InChI is InChI=1S/C24H19ClN2O2S/c1-16-7-6-8-17(13-16)15-29-21-12-5-2-9-18(21)14-22-23(28)27-24(30-22)26-20-11-4-3-10-19(20)25/h2-14H,15H2,1H3,(H,26,27,28)/b22-14+. The number of ether oxygens (including phenoxy) is 1. The molecule has 0 aliphatic carbocycles. The number of rotatable bonds is 5. The lowest BCUT2D eigenvalue weighted by molar-refractivity contribution is -0.115. The molecular weight excluding hydrogens is 416 g/mol. The number of nitrogens with zero attached hydrogens (tertiary/aromatic N) is 1. The molecule has 30 heavy (non-hydrogen) atoms. The lowest BCUT2D eigenvalue weighted by Gasteiger charge is -2.10. The molecule has 1 aliphatic rings. The summed E-state index contributed by atoms with van der Waals surface area (Å²) in [6.07, 6.45) is 1.82. The molecule has 1 amide bonds. The zero-order valence-corrected chi connectivity index (χ0v) is 17.8. The van der Waals surface area contributed by atoms with E-state index in [1.165, 1.54) is 17.3 Å². The maximum Gasteiger partial charge on any atom is 0.264 e. The molecule has 0 spiro atoms. The number of carbonyl (C=O) groups is 1. The van der Waals surface area contributed by atoms with E-state index in [0.29, 0.717) is 27.4 Å². The van der Waals surface area contributed by atoms with Gasteiger partial charge in [-0.25, -0.2) is 4.99 Å². The number of hydrogen-bond acceptors (Lipinski definition) is 4. The molecule has 0 radical (unpaired) electrons. The predicted octanol–water partition coefficient (Wildman–Crippen LogP) is 6.12. The molecule has 150 valence electrons. The van der Waals surface area contributed by atoms with E-state index in [1.54, 1.807) is 12.1 Å². The third-order valence-corrected chi connectivity index (χ3v) is 5.64. The van der Waals surface area contributed by atoms with Crippen LogP contribution in [0.4, 0.5) is 5.69 Å². The van der Waals surface area contributed by atoms with Crippen LogP contribution in [0.15, 0.2) is 82.7 Å². The quantitative estimate of drug-likeness (QED) is 0.492. The number of thioether (sulfide) groups is 1. The molecule has 3 aromatic rings. The summed E-state index contributed by atoms with van der Waals surface area (Å²) in [5.74, 6) is 0.524. The molecule has 1 N–H and O–H groups in total. The van der Waals surface area contributed by atoms with E-state index in [-0.39, 0.29) is 5.91 Å². The van der Waals surface area contributed by atoms with Crippen LogP contribution in [0.5, 0.6) is 5.75 Å². The van der Waals surface area contributed by atoms with Crippen LogP contribution in [0.1, 0.15) is 16.7 Å². The molecule has 0 aromatic heterocycles. The third kappa shape index (κ3) is 4.93. The average Bonchev–Trinajstić information content (AvgIpc) is 3.08. The van der Waals surface area contributed by atoms with Crippen LogP contribution in [0, 0.1) is 6.92 Å². The van der Waals surface area contributed by atoms with E-state index >= 15 is 0 Å². The van der Waals surface area contributed by atoms with Crippen molar-refractivity contribution in [1.82, 2.24) is 5.32 Å². The van der Waals surface area contributed by atoms with E-state index in [2.05, 4.69) is 29.4 Å². The Labute approximate surface area is 184 Å². The Morgan fingerprint density at radius 2 is 1.87 bits per heavy atom. The van der Waals surface area contributed by atoms with Gasteiger partial charge >= 0.3 is 0 Å². The maximum absolute atomic E-state index is 12.4. The van der Waals surface area contributed by atoms with Gasteiger partial charge in [-0.05, 0) is 48.5 Å². The fourth-order valence-corrected chi connectivity index (χ4v) is 3.97. The minimum atomic E-state index is -0.195. The minimum Gasteiger partial charge on any atom is -0.488 e. The zero-order chi connectivity index (χ0) is 20.9. The smallest absolute Gasteiger partial charge is 0.264 e. The molecule has 0 unspecified atom stereocenters. The highest BCUT2D eigenvalue weighted by atomic mass is 35.5. The first kappa shape index (κ1) is 20.3. The Balaban J connectivity index is 1.53. The van der Waals surface area contributed by atoms with Gasteiger partial charge in [-0.15, -0.1) is 0 Å². The lowest BCUT2D eigenvalue weighted by Crippen LogP contribution is -2.19. The first-order chi connectivity index (χ1) is 14.6. The molecule has 0 atom stereocenters. The lowest BCUT2D eigenvalue weighted by atomic mass is 10.1. The van der Waals surface area contributed by atoms with Crippen molar-refractivity contribution in [1.29, 1.82) is 0 Å². The maximum atomic E-state index is 12.4. The molecule has 0 bridgehead atoms. The number of amidine groups is 1. The zero-order valence-electron chi connectivity index (χ0n) is 16.3. The SMILES string of the molecule is Cc1cccc(COc2ccccc2/C=C2/SC(=Nc3ccccc3Cl)NC2=O)c1. The van der Waals surface area contributed by atoms with Gasteiger partial charge in [-0.2, -0.15) is 0 Å². The number of para-hydroxylation sites is 2. The monoisotopic (exact) mass is 434 g/mol. The van der Waals surface area contributed by atoms with E-state index < -0.39 is 0 Å². The van der Waals surface area contributed by atoms with Crippen molar-refractivity contribution in [2.45, 2.75) is 13.5 Å². The first-order valence-electron chi connectivity index (χ1n) is 9.40. The van der Waals surface area contributed by atoms with Gasteiger partial charge in [0.15, 0.2) is 5.17 Å². The predicted molar refractivity (Wildman–Crippen MR) is 124 cm³/mol. The normalized spacial score (nSPS) is 16.1. The second kappa shape index (κ2) is 9.20. The van der Waals surface area contributed by atoms with Gasteiger partial charge < -0.3 is 10.1 Å². The van der Waals surface area contributed by atoms with E-state index in [4.69, 9.17) is 16.3 Å². The molecule has 1 heterocycles. The number of carbonyl (C=O) groups excluding carboxylic acids is 1. The summed E-state index contributed by atoms with van der Waals surface area (Å²) >= 11 is 7.44. The summed E-state index contributed by atoms with van der Waals surface area (Å²) in [6, 6.07) is 23.1. The second-order valence-corrected chi connectivity index (χ2v) is 8.19. The van der Waals surface area contributed by atoms with Crippen molar-refractivity contribution in [2.75, 3.05) is 0 Å². The third-order valence-electron chi connectivity index (χ3n) is 4.41. The largest absolute Gasteiger partial charge is 0.488 e. The summed E-state index contributed by atoms with van der Waals surface area (Å²) in [7, 11) is 0. The van der Waals surface area contributed by atoms with Crippen molar-refractivity contribution in [3.8, 4) is 5.75 Å². The van der Waals surface area contributed by atoms with Crippen molar-refractivity contribution in [3.05, 3.63) is 99.4 Å². The fraction of sp³-hybridized carbons (Fsp3) is 0.0833. The van der Waals surface area contributed by atoms with Crippen molar-refractivity contribution in [3.63, 3.8) is 0 Å². The molecule has 0 saturated carbocycles. The molecule has 6 heteroatoms. The van der Waals surface area contributed by atoms with Crippen molar-refractivity contribution >= 4 is 46.2 Å². The van der Waals surface area contributed by atoms with Crippen LogP contribution in [-0.2, 0) is 11.4 Å². The Morgan fingerprint density at radius 1 is 1.07 bits per heavy atom. The van der Waals surface area contributed by atoms with Crippen molar-refractivity contribution < 1.29 is 9.53 Å². The van der Waals surface area contributed by atoms with Gasteiger partial charge in [0.05, 0.1) is 15.6 Å². The van der Waals surface area contributed by atoms with E-state index in [0.717, 1.165) is 16.9 Å². The highest BCUT2D eigenvalue weighted by molar-refractivity contribution is 8.18. The van der Waals surface area contributed by atoms with Crippen LogP contribution in [-0.4, -0.2) is 11.1 Å². The molecule has 4 rings (SSSR count). The Hall–Kier alpha value is -3.02. The topological polar surface area (TPSA) is 50.7 Å². The summed E-state index contributed by atoms with van der Waals surface area (Å²) in [6.45, 7) is 2.51. The van der Waals surface area contributed by atoms with E-state index in [9.17, 15) is 4.79 Å². The number of aryl methyl sites for hydroxylation is 1. The number of aliphatic imine (C=N–C) groups is 1. The average molecular weight is 435 g/mol. The van der Waals surface area contributed by atoms with Crippen molar-refractivity contribution in [2.24, 2.45) is 4.99 Å². The molecule has 1 aliphatic heterocycles.